The number of nitrogens with zero attached hydrogens (tertiary/aromatic N) is 2. The maximum absolute atomic E-state index is 12.8. The lowest BCUT2D eigenvalue weighted by molar-refractivity contribution is -0.127. The van der Waals surface area contributed by atoms with Gasteiger partial charge in [-0.15, -0.1) is 0 Å². The zero-order valence-corrected chi connectivity index (χ0v) is 16.5. The zero-order chi connectivity index (χ0) is 19.4. The minimum Gasteiger partial charge on any atom is -0.349 e. The van der Waals surface area contributed by atoms with E-state index in [1.54, 1.807) is 35.5 Å². The molecule has 2 aromatic rings. The van der Waals surface area contributed by atoms with E-state index in [1.165, 1.54) is 0 Å². The second kappa shape index (κ2) is 8.72. The Hall–Kier alpha value is -2.11. The third-order valence-corrected chi connectivity index (χ3v) is 5.55. The predicted octanol–water partition coefficient (Wildman–Crippen LogP) is 4.12. The van der Waals surface area contributed by atoms with Gasteiger partial charge in [0, 0.05) is 31.0 Å². The fourth-order valence-corrected chi connectivity index (χ4v) is 3.55. The summed E-state index contributed by atoms with van der Waals surface area (Å²) in [4.78, 5) is 31.1. The molecular formula is C20H21Cl2N3O2. The van der Waals surface area contributed by atoms with E-state index < -0.39 is 0 Å². The first kappa shape index (κ1) is 19.6. The normalized spacial score (nSPS) is 18.0. The Labute approximate surface area is 168 Å². The second-order valence-corrected chi connectivity index (χ2v) is 7.54. The van der Waals surface area contributed by atoms with Gasteiger partial charge in [-0.1, -0.05) is 23.2 Å². The van der Waals surface area contributed by atoms with E-state index in [0.717, 1.165) is 18.4 Å². The Morgan fingerprint density at radius 2 is 1.93 bits per heavy atom. The highest BCUT2D eigenvalue weighted by Crippen LogP contribution is 2.25. The van der Waals surface area contributed by atoms with Crippen molar-refractivity contribution in [3.63, 3.8) is 0 Å². The summed E-state index contributed by atoms with van der Waals surface area (Å²) in [6, 6.07) is 8.49. The Kier molecular flexibility index (Phi) is 6.34. The third kappa shape index (κ3) is 4.79. The number of nitrogens with one attached hydrogen (secondary N) is 1. The van der Waals surface area contributed by atoms with Crippen LogP contribution < -0.4 is 5.32 Å². The van der Waals surface area contributed by atoms with E-state index in [0.29, 0.717) is 28.7 Å². The highest BCUT2D eigenvalue weighted by Gasteiger charge is 2.29. The number of likely N-dealkylation sites (tertiary alicyclic amines) is 1. The molecule has 2 amide bonds. The Bertz CT molecular complexity index is 829. The quantitative estimate of drug-likeness (QED) is 0.831. The van der Waals surface area contributed by atoms with Crippen molar-refractivity contribution in [3.8, 4) is 0 Å². The van der Waals surface area contributed by atoms with Crippen LogP contribution in [-0.2, 0) is 4.79 Å². The highest BCUT2D eigenvalue weighted by molar-refractivity contribution is 6.42. The van der Waals surface area contributed by atoms with Crippen LogP contribution in [0.1, 0.15) is 41.7 Å². The van der Waals surface area contributed by atoms with Gasteiger partial charge >= 0.3 is 0 Å². The molecule has 7 heteroatoms. The SMILES string of the molecule is C[C@@H](NC(=O)[C@@H]1CCCN(C(=O)c2ccc(Cl)c(Cl)c2)C1)c1ccncc1. The molecular weight excluding hydrogens is 385 g/mol. The van der Waals surface area contributed by atoms with Crippen molar-refractivity contribution >= 4 is 35.0 Å². The van der Waals surface area contributed by atoms with Crippen molar-refractivity contribution in [1.82, 2.24) is 15.2 Å². The minimum absolute atomic E-state index is 0.0362. The number of halogens is 2. The van der Waals surface area contributed by atoms with E-state index >= 15 is 0 Å². The number of hydrogen-bond acceptors (Lipinski definition) is 3. The Morgan fingerprint density at radius 1 is 1.19 bits per heavy atom. The van der Waals surface area contributed by atoms with Crippen molar-refractivity contribution in [2.45, 2.75) is 25.8 Å². The number of benzene rings is 1. The van der Waals surface area contributed by atoms with Gasteiger partial charge < -0.3 is 10.2 Å². The summed E-state index contributed by atoms with van der Waals surface area (Å²) in [5.74, 6) is -0.394. The second-order valence-electron chi connectivity index (χ2n) is 6.73. The van der Waals surface area contributed by atoms with Gasteiger partial charge in [0.1, 0.15) is 0 Å². The van der Waals surface area contributed by atoms with Gasteiger partial charge in [0.05, 0.1) is 22.0 Å². The Morgan fingerprint density at radius 3 is 2.63 bits per heavy atom. The van der Waals surface area contributed by atoms with Gasteiger partial charge in [-0.05, 0) is 55.7 Å². The van der Waals surface area contributed by atoms with Gasteiger partial charge in [-0.2, -0.15) is 0 Å². The third-order valence-electron chi connectivity index (χ3n) is 4.81. The molecule has 3 rings (SSSR count). The fraction of sp³-hybridized carbons (Fsp3) is 0.350. The van der Waals surface area contributed by atoms with Crippen LogP contribution in [0.2, 0.25) is 10.0 Å². The van der Waals surface area contributed by atoms with Gasteiger partial charge in [-0.25, -0.2) is 0 Å². The molecule has 1 N–H and O–H groups in total. The van der Waals surface area contributed by atoms with Crippen molar-refractivity contribution in [2.75, 3.05) is 13.1 Å². The van der Waals surface area contributed by atoms with Crippen LogP contribution in [0.25, 0.3) is 0 Å². The molecule has 2 atom stereocenters. The lowest BCUT2D eigenvalue weighted by Gasteiger charge is -2.32. The van der Waals surface area contributed by atoms with Crippen molar-refractivity contribution < 1.29 is 9.59 Å². The van der Waals surface area contributed by atoms with Gasteiger partial charge in [0.25, 0.3) is 5.91 Å². The number of amides is 2. The lowest BCUT2D eigenvalue weighted by atomic mass is 9.95. The molecule has 1 aromatic carbocycles. The molecule has 0 saturated carbocycles. The van der Waals surface area contributed by atoms with Crippen LogP contribution in [0.3, 0.4) is 0 Å². The van der Waals surface area contributed by atoms with Crippen LogP contribution in [0.15, 0.2) is 42.7 Å². The molecule has 2 heterocycles. The molecule has 1 saturated heterocycles. The maximum atomic E-state index is 12.8. The Balaban J connectivity index is 1.63. The number of carbonyl (C=O) groups is 2. The average Bonchev–Trinajstić information content (AvgIpc) is 2.70. The number of carbonyl (C=O) groups excluding carboxylic acids is 2. The van der Waals surface area contributed by atoms with Gasteiger partial charge in [0.15, 0.2) is 0 Å². The molecule has 0 unspecified atom stereocenters. The monoisotopic (exact) mass is 405 g/mol. The fourth-order valence-electron chi connectivity index (χ4n) is 3.25. The van der Waals surface area contributed by atoms with Crippen LogP contribution in [0.4, 0.5) is 0 Å². The predicted molar refractivity (Wildman–Crippen MR) is 106 cm³/mol. The number of aromatic nitrogens is 1. The topological polar surface area (TPSA) is 62.3 Å². The number of hydrogen-bond donors (Lipinski definition) is 1. The summed E-state index contributed by atoms with van der Waals surface area (Å²) < 4.78 is 0. The van der Waals surface area contributed by atoms with Crippen LogP contribution >= 0.6 is 23.2 Å². The van der Waals surface area contributed by atoms with E-state index in [2.05, 4.69) is 10.3 Å². The molecule has 5 nitrogen and oxygen atoms in total. The van der Waals surface area contributed by atoms with Crippen molar-refractivity contribution in [1.29, 1.82) is 0 Å². The summed E-state index contributed by atoms with van der Waals surface area (Å²) in [5.41, 5.74) is 1.48. The maximum Gasteiger partial charge on any atom is 0.253 e. The van der Waals surface area contributed by atoms with Crippen LogP contribution in [0, 0.1) is 5.92 Å². The van der Waals surface area contributed by atoms with Crippen LogP contribution in [-0.4, -0.2) is 34.8 Å². The molecule has 0 radical (unpaired) electrons. The van der Waals surface area contributed by atoms with E-state index in [4.69, 9.17) is 23.2 Å². The molecule has 142 valence electrons. The molecule has 27 heavy (non-hydrogen) atoms. The highest BCUT2D eigenvalue weighted by atomic mass is 35.5. The molecule has 1 aromatic heterocycles. The first-order chi connectivity index (χ1) is 13.0. The van der Waals surface area contributed by atoms with E-state index in [-0.39, 0.29) is 23.8 Å². The average molecular weight is 406 g/mol. The van der Waals surface area contributed by atoms with Crippen molar-refractivity contribution in [2.24, 2.45) is 5.92 Å². The molecule has 0 aliphatic carbocycles. The molecule has 0 spiro atoms. The minimum atomic E-state index is -0.227. The van der Waals surface area contributed by atoms with Crippen LogP contribution in [0.5, 0.6) is 0 Å². The molecule has 1 fully saturated rings. The molecule has 1 aliphatic heterocycles. The van der Waals surface area contributed by atoms with Gasteiger partial charge in [0.2, 0.25) is 5.91 Å². The molecule has 0 bridgehead atoms. The summed E-state index contributed by atoms with van der Waals surface area (Å²) >= 11 is 11.9. The number of pyridine rings is 1. The van der Waals surface area contributed by atoms with Gasteiger partial charge in [-0.3, -0.25) is 14.6 Å². The van der Waals surface area contributed by atoms with E-state index in [9.17, 15) is 9.59 Å². The smallest absolute Gasteiger partial charge is 0.253 e. The lowest BCUT2D eigenvalue weighted by Crippen LogP contribution is -2.45. The summed E-state index contributed by atoms with van der Waals surface area (Å²) in [6.07, 6.45) is 4.96. The summed E-state index contributed by atoms with van der Waals surface area (Å²) in [5, 5.41) is 3.80. The van der Waals surface area contributed by atoms with E-state index in [1.807, 2.05) is 19.1 Å². The summed E-state index contributed by atoms with van der Waals surface area (Å²) in [7, 11) is 0. The number of rotatable bonds is 4. The van der Waals surface area contributed by atoms with Crippen molar-refractivity contribution in [3.05, 3.63) is 63.9 Å². The molecule has 1 aliphatic rings. The first-order valence-electron chi connectivity index (χ1n) is 8.90. The standard InChI is InChI=1S/C20H21Cl2N3O2/c1-13(14-6-8-23-9-7-14)24-19(26)16-3-2-10-25(12-16)20(27)15-4-5-17(21)18(22)11-15/h4-9,11,13,16H,2-3,10,12H2,1H3,(H,24,26)/t13-,16-/m1/s1. The summed E-state index contributed by atoms with van der Waals surface area (Å²) in [6.45, 7) is 2.96. The largest absolute Gasteiger partial charge is 0.349 e. The first-order valence-corrected chi connectivity index (χ1v) is 9.66. The zero-order valence-electron chi connectivity index (χ0n) is 15.0. The number of piperidine rings is 1.